The Morgan fingerprint density at radius 3 is 2.74 bits per heavy atom. The molecule has 2 heterocycles. The van der Waals surface area contributed by atoms with Gasteiger partial charge in [0.25, 0.3) is 0 Å². The van der Waals surface area contributed by atoms with Gasteiger partial charge in [-0.25, -0.2) is 4.98 Å². The van der Waals surface area contributed by atoms with E-state index in [0.717, 1.165) is 6.20 Å². The van der Waals surface area contributed by atoms with Gasteiger partial charge in [0.05, 0.1) is 12.7 Å². The summed E-state index contributed by atoms with van der Waals surface area (Å²) >= 11 is 0. The van der Waals surface area contributed by atoms with Gasteiger partial charge in [-0.1, -0.05) is 0 Å². The molecule has 0 aliphatic heterocycles. The molecule has 102 valence electrons. The van der Waals surface area contributed by atoms with E-state index in [2.05, 4.69) is 20.1 Å². The van der Waals surface area contributed by atoms with Crippen molar-refractivity contribution in [2.24, 2.45) is 0 Å². The van der Waals surface area contributed by atoms with Crippen molar-refractivity contribution in [1.29, 1.82) is 0 Å². The molecule has 0 atom stereocenters. The average Bonchev–Trinajstić information content (AvgIpc) is 2.82. The molecule has 0 fully saturated rings. The summed E-state index contributed by atoms with van der Waals surface area (Å²) in [5.41, 5.74) is 0. The van der Waals surface area contributed by atoms with Gasteiger partial charge in [-0.2, -0.15) is 5.10 Å². The van der Waals surface area contributed by atoms with Crippen LogP contribution >= 0.6 is 0 Å². The predicted octanol–water partition coefficient (Wildman–Crippen LogP) is 2.29. The predicted molar refractivity (Wildman–Crippen MR) is 61.6 cm³/mol. The van der Waals surface area contributed by atoms with Gasteiger partial charge >= 0.3 is 6.36 Å². The molecule has 8 heteroatoms. The summed E-state index contributed by atoms with van der Waals surface area (Å²) in [4.78, 5) is 3.82. The first-order valence-electron chi connectivity index (χ1n) is 5.46. The molecule has 0 aromatic carbocycles. The molecule has 0 spiro atoms. The second kappa shape index (κ2) is 5.59. The van der Waals surface area contributed by atoms with Gasteiger partial charge < -0.3 is 10.1 Å². The molecule has 5 nitrogen and oxygen atoms in total. The first-order chi connectivity index (χ1) is 9.03. The Bertz CT molecular complexity index is 496. The van der Waals surface area contributed by atoms with E-state index in [9.17, 15) is 13.2 Å². The number of hydrogen-bond donors (Lipinski definition) is 1. The molecule has 2 rings (SSSR count). The molecule has 2 aromatic heterocycles. The Morgan fingerprint density at radius 1 is 1.32 bits per heavy atom. The van der Waals surface area contributed by atoms with Crippen LogP contribution in [-0.2, 0) is 6.54 Å². The molecule has 0 aliphatic rings. The topological polar surface area (TPSA) is 52.0 Å². The van der Waals surface area contributed by atoms with Crippen LogP contribution in [0.3, 0.4) is 0 Å². The summed E-state index contributed by atoms with van der Waals surface area (Å²) in [6, 6.07) is 4.43. The molecule has 0 saturated heterocycles. The van der Waals surface area contributed by atoms with E-state index >= 15 is 0 Å². The largest absolute Gasteiger partial charge is 0.573 e. The maximum absolute atomic E-state index is 11.9. The van der Waals surface area contributed by atoms with E-state index in [1.165, 1.54) is 12.1 Å². The van der Waals surface area contributed by atoms with Crippen LogP contribution in [0.25, 0.3) is 0 Å². The van der Waals surface area contributed by atoms with Crippen molar-refractivity contribution in [3.05, 3.63) is 36.8 Å². The van der Waals surface area contributed by atoms with E-state index < -0.39 is 6.36 Å². The van der Waals surface area contributed by atoms with E-state index in [1.807, 2.05) is 12.3 Å². The standard InChI is InChI=1S/C11H11F3N4O/c12-11(13,14)19-9-2-3-10(16-8-9)15-5-7-18-6-1-4-17-18/h1-4,6,8H,5,7H2,(H,15,16). The number of ether oxygens (including phenoxy) is 1. The quantitative estimate of drug-likeness (QED) is 0.907. The molecular weight excluding hydrogens is 261 g/mol. The summed E-state index contributed by atoms with van der Waals surface area (Å²) in [5, 5.41) is 6.98. The highest BCUT2D eigenvalue weighted by molar-refractivity contribution is 5.37. The number of nitrogens with one attached hydrogen (secondary N) is 1. The van der Waals surface area contributed by atoms with Crippen LogP contribution in [0.4, 0.5) is 19.0 Å². The summed E-state index contributed by atoms with van der Waals surface area (Å²) in [5.74, 6) is 0.131. The van der Waals surface area contributed by atoms with E-state index in [1.54, 1.807) is 10.9 Å². The highest BCUT2D eigenvalue weighted by Gasteiger charge is 2.31. The number of aromatic nitrogens is 3. The Hall–Kier alpha value is -2.25. The number of hydrogen-bond acceptors (Lipinski definition) is 4. The van der Waals surface area contributed by atoms with Gasteiger partial charge in [0, 0.05) is 18.9 Å². The zero-order valence-corrected chi connectivity index (χ0v) is 9.76. The second-order valence-corrected chi connectivity index (χ2v) is 3.62. The lowest BCUT2D eigenvalue weighted by Crippen LogP contribution is -2.17. The number of nitrogens with zero attached hydrogens (tertiary/aromatic N) is 3. The van der Waals surface area contributed by atoms with E-state index in [-0.39, 0.29) is 5.75 Å². The molecule has 0 bridgehead atoms. The van der Waals surface area contributed by atoms with Crippen LogP contribution in [0.5, 0.6) is 5.75 Å². The number of pyridine rings is 1. The molecule has 2 aromatic rings. The SMILES string of the molecule is FC(F)(F)Oc1ccc(NCCn2cccn2)nc1. The van der Waals surface area contributed by atoms with Crippen molar-refractivity contribution in [1.82, 2.24) is 14.8 Å². The molecule has 0 saturated carbocycles. The maximum Gasteiger partial charge on any atom is 0.573 e. The van der Waals surface area contributed by atoms with Crippen LogP contribution < -0.4 is 10.1 Å². The third-order valence-electron chi connectivity index (χ3n) is 2.18. The molecular formula is C11H11F3N4O. The maximum atomic E-state index is 11.9. The van der Waals surface area contributed by atoms with Crippen LogP contribution in [0.2, 0.25) is 0 Å². The number of halogens is 3. The molecule has 0 aliphatic carbocycles. The lowest BCUT2D eigenvalue weighted by molar-refractivity contribution is -0.274. The number of alkyl halides is 3. The Kier molecular flexibility index (Phi) is 3.88. The highest BCUT2D eigenvalue weighted by Crippen LogP contribution is 2.22. The van der Waals surface area contributed by atoms with Gasteiger partial charge in [0.15, 0.2) is 0 Å². The summed E-state index contributed by atoms with van der Waals surface area (Å²) < 4.78 is 41.2. The molecule has 0 radical (unpaired) electrons. The lowest BCUT2D eigenvalue weighted by Gasteiger charge is -2.09. The first-order valence-corrected chi connectivity index (χ1v) is 5.46. The number of anilines is 1. The van der Waals surface area contributed by atoms with Crippen LogP contribution in [-0.4, -0.2) is 27.7 Å². The van der Waals surface area contributed by atoms with Crippen LogP contribution in [0.1, 0.15) is 0 Å². The Labute approximate surface area is 107 Å². The highest BCUT2D eigenvalue weighted by atomic mass is 19.4. The lowest BCUT2D eigenvalue weighted by atomic mass is 10.4. The van der Waals surface area contributed by atoms with Gasteiger partial charge in [0.2, 0.25) is 0 Å². The Balaban J connectivity index is 1.81. The van der Waals surface area contributed by atoms with Crippen molar-refractivity contribution < 1.29 is 17.9 Å². The van der Waals surface area contributed by atoms with Gasteiger partial charge in [0.1, 0.15) is 11.6 Å². The minimum atomic E-state index is -4.70. The summed E-state index contributed by atoms with van der Waals surface area (Å²) in [6.45, 7) is 1.20. The third kappa shape index (κ3) is 4.49. The third-order valence-corrected chi connectivity index (χ3v) is 2.18. The monoisotopic (exact) mass is 272 g/mol. The van der Waals surface area contributed by atoms with Crippen molar-refractivity contribution in [2.45, 2.75) is 12.9 Å². The second-order valence-electron chi connectivity index (χ2n) is 3.62. The molecule has 0 amide bonds. The normalized spacial score (nSPS) is 11.3. The van der Waals surface area contributed by atoms with E-state index in [4.69, 9.17) is 0 Å². The minimum absolute atomic E-state index is 0.342. The fraction of sp³-hybridized carbons (Fsp3) is 0.273. The molecule has 0 unspecified atom stereocenters. The summed E-state index contributed by atoms with van der Waals surface area (Å²) in [6.07, 6.45) is -0.197. The Morgan fingerprint density at radius 2 is 2.16 bits per heavy atom. The van der Waals surface area contributed by atoms with Gasteiger partial charge in [-0.05, 0) is 18.2 Å². The van der Waals surface area contributed by atoms with Gasteiger partial charge in [-0.15, -0.1) is 13.2 Å². The van der Waals surface area contributed by atoms with Crippen molar-refractivity contribution in [2.75, 3.05) is 11.9 Å². The minimum Gasteiger partial charge on any atom is -0.404 e. The average molecular weight is 272 g/mol. The summed E-state index contributed by atoms with van der Waals surface area (Å²) in [7, 11) is 0. The van der Waals surface area contributed by atoms with Crippen LogP contribution in [0, 0.1) is 0 Å². The fourth-order valence-electron chi connectivity index (χ4n) is 1.41. The zero-order chi connectivity index (χ0) is 13.7. The molecule has 19 heavy (non-hydrogen) atoms. The number of rotatable bonds is 5. The fourth-order valence-corrected chi connectivity index (χ4v) is 1.41. The van der Waals surface area contributed by atoms with Crippen molar-refractivity contribution >= 4 is 5.82 Å². The molecule has 1 N–H and O–H groups in total. The van der Waals surface area contributed by atoms with Crippen molar-refractivity contribution in [3.8, 4) is 5.75 Å². The zero-order valence-electron chi connectivity index (χ0n) is 9.76. The van der Waals surface area contributed by atoms with Crippen molar-refractivity contribution in [3.63, 3.8) is 0 Å². The van der Waals surface area contributed by atoms with Crippen LogP contribution in [0.15, 0.2) is 36.8 Å². The first kappa shape index (κ1) is 13.2. The van der Waals surface area contributed by atoms with Gasteiger partial charge in [-0.3, -0.25) is 4.68 Å². The smallest absolute Gasteiger partial charge is 0.404 e. The van der Waals surface area contributed by atoms with E-state index in [0.29, 0.717) is 18.9 Å².